The molecule has 8 aliphatic carbocycles. The van der Waals surface area contributed by atoms with Gasteiger partial charge in [-0.25, -0.2) is 0 Å². The van der Waals surface area contributed by atoms with E-state index in [2.05, 4.69) is 81.4 Å². The fourth-order valence-corrected chi connectivity index (χ4v) is 20.2. The minimum atomic E-state index is 0.644. The van der Waals surface area contributed by atoms with Crippen LogP contribution in [0.5, 0.6) is 0 Å². The van der Waals surface area contributed by atoms with E-state index in [0.29, 0.717) is 21.7 Å². The highest BCUT2D eigenvalue weighted by molar-refractivity contribution is 5.11. The van der Waals surface area contributed by atoms with Crippen molar-refractivity contribution in [3.8, 4) is 0 Å². The molecule has 0 spiro atoms. The third kappa shape index (κ3) is 8.87. The minimum Gasteiger partial charge on any atom is -0.0885 e. The first kappa shape index (κ1) is 46.3. The van der Waals surface area contributed by atoms with Gasteiger partial charge < -0.3 is 0 Å². The largest absolute Gasteiger partial charge is 0.0885 e. The second kappa shape index (κ2) is 18.9. The molecular formula is C60H104. The first-order valence-electron chi connectivity index (χ1n) is 28.3. The van der Waals surface area contributed by atoms with Crippen molar-refractivity contribution in [2.75, 3.05) is 0 Å². The smallest absolute Gasteiger partial charge is 0.0264 e. The van der Waals surface area contributed by atoms with Crippen molar-refractivity contribution < 1.29 is 0 Å². The first-order valence-corrected chi connectivity index (χ1v) is 28.3. The summed E-state index contributed by atoms with van der Waals surface area (Å²) in [6.45, 7) is 26.2. The highest BCUT2D eigenvalue weighted by Crippen LogP contribution is 2.70. The van der Waals surface area contributed by atoms with Crippen molar-refractivity contribution >= 4 is 0 Å². The monoisotopic (exact) mass is 825 g/mol. The van der Waals surface area contributed by atoms with Crippen molar-refractivity contribution in [2.45, 2.75) is 249 Å². The Hall–Kier alpha value is -0.260. The lowest BCUT2D eigenvalue weighted by Crippen LogP contribution is -2.53. The lowest BCUT2D eigenvalue weighted by atomic mass is 9.44. The van der Waals surface area contributed by atoms with Gasteiger partial charge in [0, 0.05) is 0 Å². The molecule has 8 saturated carbocycles. The zero-order chi connectivity index (χ0) is 42.5. The minimum absolute atomic E-state index is 0.644. The Labute approximate surface area is 376 Å². The molecule has 0 heterocycles. The normalized spacial score (nSPS) is 47.3. The van der Waals surface area contributed by atoms with Crippen LogP contribution < -0.4 is 0 Å². The average Bonchev–Trinajstić information content (AvgIpc) is 3.76. The van der Waals surface area contributed by atoms with E-state index in [0.717, 1.165) is 94.7 Å². The van der Waals surface area contributed by atoms with E-state index >= 15 is 0 Å². The van der Waals surface area contributed by atoms with Crippen molar-refractivity contribution in [3.63, 3.8) is 0 Å². The second-order valence-corrected chi connectivity index (χ2v) is 27.3. The Morgan fingerprint density at radius 1 is 0.417 bits per heavy atom. The van der Waals surface area contributed by atoms with Crippen LogP contribution in [-0.4, -0.2) is 0 Å². The Bertz CT molecular complexity index is 1300. The summed E-state index contributed by atoms with van der Waals surface area (Å²) in [7, 11) is 0. The van der Waals surface area contributed by atoms with Crippen molar-refractivity contribution in [3.05, 3.63) is 12.2 Å². The number of allylic oxidation sites excluding steroid dienone is 2. The number of hydrogen-bond acceptors (Lipinski definition) is 0. The lowest BCUT2D eigenvalue weighted by Gasteiger charge is -2.61. The predicted octanol–water partition coefficient (Wildman–Crippen LogP) is 18.6. The van der Waals surface area contributed by atoms with Crippen LogP contribution in [0.4, 0.5) is 0 Å². The Morgan fingerprint density at radius 2 is 0.800 bits per heavy atom. The molecule has 0 aromatic heterocycles. The molecule has 8 aliphatic rings. The molecule has 8 fully saturated rings. The van der Waals surface area contributed by atoms with Crippen molar-refractivity contribution in [2.24, 2.45) is 116 Å². The van der Waals surface area contributed by atoms with Crippen molar-refractivity contribution in [1.82, 2.24) is 0 Å². The molecule has 60 heavy (non-hydrogen) atoms. The van der Waals surface area contributed by atoms with E-state index in [-0.39, 0.29) is 0 Å². The zero-order valence-electron chi connectivity index (χ0n) is 42.2. The molecule has 0 nitrogen and oxygen atoms in total. The van der Waals surface area contributed by atoms with Gasteiger partial charge in [0.2, 0.25) is 0 Å². The van der Waals surface area contributed by atoms with Crippen LogP contribution in [0.1, 0.15) is 249 Å². The number of fused-ring (bicyclic) bond motifs is 10. The summed E-state index contributed by atoms with van der Waals surface area (Å²) < 4.78 is 0. The fraction of sp³-hybridized carbons (Fsp3) is 0.967. The highest BCUT2D eigenvalue weighted by Gasteiger charge is 2.62. The summed E-state index contributed by atoms with van der Waals surface area (Å²) in [4.78, 5) is 0. The Kier molecular flexibility index (Phi) is 14.6. The molecule has 0 amide bonds. The molecule has 0 saturated heterocycles. The van der Waals surface area contributed by atoms with Crippen LogP contribution in [0.2, 0.25) is 0 Å². The number of rotatable bonds is 16. The van der Waals surface area contributed by atoms with Gasteiger partial charge in [-0.15, -0.1) is 0 Å². The van der Waals surface area contributed by atoms with E-state index in [4.69, 9.17) is 0 Å². The van der Waals surface area contributed by atoms with Crippen LogP contribution in [0.15, 0.2) is 12.2 Å². The summed E-state index contributed by atoms with van der Waals surface area (Å²) in [6, 6.07) is 0. The molecule has 0 aliphatic heterocycles. The molecule has 0 aromatic rings. The average molecular weight is 825 g/mol. The molecule has 0 N–H and O–H groups in total. The molecule has 8 unspecified atom stereocenters. The van der Waals surface area contributed by atoms with E-state index in [1.165, 1.54) is 77.0 Å². The summed E-state index contributed by atoms with van der Waals surface area (Å²) in [5.41, 5.74) is 2.58. The van der Waals surface area contributed by atoms with E-state index in [9.17, 15) is 0 Å². The van der Waals surface area contributed by atoms with Gasteiger partial charge in [-0.3, -0.25) is 0 Å². The molecule has 18 atom stereocenters. The quantitative estimate of drug-likeness (QED) is 0.136. The molecule has 344 valence electrons. The van der Waals surface area contributed by atoms with Crippen LogP contribution in [-0.2, 0) is 0 Å². The first-order chi connectivity index (χ1) is 28.7. The molecule has 0 bridgehead atoms. The van der Waals surface area contributed by atoms with Gasteiger partial charge in [0.1, 0.15) is 0 Å². The van der Waals surface area contributed by atoms with Crippen LogP contribution >= 0.6 is 0 Å². The van der Waals surface area contributed by atoms with Crippen LogP contribution in [0.25, 0.3) is 0 Å². The number of hydrogen-bond donors (Lipinski definition) is 0. The molecule has 8 rings (SSSR count). The summed E-state index contributed by atoms with van der Waals surface area (Å²) >= 11 is 0. The Balaban J connectivity index is 0.750. The fourth-order valence-electron chi connectivity index (χ4n) is 20.2. The van der Waals surface area contributed by atoms with E-state index in [1.807, 2.05) is 0 Å². The van der Waals surface area contributed by atoms with Crippen molar-refractivity contribution in [1.29, 1.82) is 0 Å². The summed E-state index contributed by atoms with van der Waals surface area (Å²) in [6.07, 6.45) is 47.7. The third-order valence-electron chi connectivity index (χ3n) is 23.6. The van der Waals surface area contributed by atoms with Gasteiger partial charge in [0.05, 0.1) is 0 Å². The molecule has 0 heteroatoms. The van der Waals surface area contributed by atoms with Gasteiger partial charge in [0.15, 0.2) is 0 Å². The lowest BCUT2D eigenvalue weighted by molar-refractivity contribution is -0.121. The zero-order valence-corrected chi connectivity index (χ0v) is 42.2. The van der Waals surface area contributed by atoms with E-state index in [1.54, 1.807) is 103 Å². The maximum atomic E-state index is 2.82. The molecule has 0 aromatic carbocycles. The second-order valence-electron chi connectivity index (χ2n) is 27.3. The van der Waals surface area contributed by atoms with Gasteiger partial charge in [-0.2, -0.15) is 0 Å². The third-order valence-corrected chi connectivity index (χ3v) is 23.6. The van der Waals surface area contributed by atoms with E-state index < -0.39 is 0 Å². The topological polar surface area (TPSA) is 0 Å². The standard InChI is InChI=1S/C60H104/c1-41(2)17-15-19-43(5)51-27-29-53-49-25-23-47-39-45(31-35-57(47,7)55(49)33-37-59(51,53)9)21-13-11-12-14-22-46-32-36-58(8)48(40-46)24-26-50-54-30-28-52(44(6)20-16-18-42(3)4)60(54,10)38-34-56(50)58/h11-12,41-56H,13-40H2,1-10H3/b12-11+/t43-,44-,45+,46+,47?,48?,49+,50+,51?,52?,53?,54?,55?,56?,57+,58+,59-,60-/m1/s1. The van der Waals surface area contributed by atoms with Gasteiger partial charge in [0.25, 0.3) is 0 Å². The van der Waals surface area contributed by atoms with Gasteiger partial charge in [-0.1, -0.05) is 120 Å². The van der Waals surface area contributed by atoms with Gasteiger partial charge >= 0.3 is 0 Å². The van der Waals surface area contributed by atoms with Gasteiger partial charge in [-0.05, 0) is 258 Å². The summed E-state index contributed by atoms with van der Waals surface area (Å²) in [5, 5.41) is 0. The summed E-state index contributed by atoms with van der Waals surface area (Å²) in [5.74, 6) is 15.9. The Morgan fingerprint density at radius 3 is 1.20 bits per heavy atom. The maximum Gasteiger partial charge on any atom is -0.0264 e. The highest BCUT2D eigenvalue weighted by atomic mass is 14.7. The molecule has 0 radical (unpaired) electrons. The molecular weight excluding hydrogens is 721 g/mol. The van der Waals surface area contributed by atoms with Crippen LogP contribution in [0, 0.1) is 116 Å². The maximum absolute atomic E-state index is 2.82. The predicted molar refractivity (Wildman–Crippen MR) is 261 cm³/mol. The SMILES string of the molecule is CC(C)CCC[C@@H](C)C1CCC2[C@@H]3CCC4C[C@@H](CC/C=C/CC[C@H]5CC[C@@]6(C)C(CC[C@@H]7C6CC[C@@]6(C)C7CCC6[C@H](C)CCCC(C)C)C5)CC[C@]4(C)C3CC[C@@]21C. The van der Waals surface area contributed by atoms with Crippen LogP contribution in [0.3, 0.4) is 0 Å².